The molecule has 0 aliphatic carbocycles. The van der Waals surface area contributed by atoms with Gasteiger partial charge < -0.3 is 15.5 Å². The van der Waals surface area contributed by atoms with Gasteiger partial charge in [-0.3, -0.25) is 4.79 Å². The van der Waals surface area contributed by atoms with Gasteiger partial charge >= 0.3 is 0 Å². The van der Waals surface area contributed by atoms with E-state index in [0.29, 0.717) is 0 Å². The molecule has 0 spiro atoms. The van der Waals surface area contributed by atoms with Gasteiger partial charge in [0.05, 0.1) is 33.2 Å². The van der Waals surface area contributed by atoms with Gasteiger partial charge in [-0.05, 0) is 5.56 Å². The van der Waals surface area contributed by atoms with Crippen molar-refractivity contribution in [3.8, 4) is 0 Å². The molecule has 1 aliphatic rings. The lowest BCUT2D eigenvalue weighted by molar-refractivity contribution is -0.883. The summed E-state index contributed by atoms with van der Waals surface area (Å²) in [6.45, 7) is 3.82. The monoisotopic (exact) mass is 249 g/mol. The Morgan fingerprint density at radius 1 is 1.33 bits per heavy atom. The lowest BCUT2D eigenvalue weighted by Crippen LogP contribution is -3.12. The molecule has 1 heterocycles. The molecule has 1 amide bonds. The van der Waals surface area contributed by atoms with E-state index in [1.54, 1.807) is 0 Å². The van der Waals surface area contributed by atoms with Gasteiger partial charge in [-0.2, -0.15) is 0 Å². The van der Waals surface area contributed by atoms with Crippen LogP contribution in [0.15, 0.2) is 30.3 Å². The smallest absolute Gasteiger partial charge is 0.281 e. The number of nitrogens with one attached hydrogen (secondary N) is 1. The first-order valence-corrected chi connectivity index (χ1v) is 6.64. The number of quaternary nitrogens is 2. The Labute approximate surface area is 108 Å². The Hall–Kier alpha value is -1.39. The van der Waals surface area contributed by atoms with Gasteiger partial charge in [0.25, 0.3) is 5.91 Å². The summed E-state index contributed by atoms with van der Waals surface area (Å²) in [6, 6.07) is 9.95. The van der Waals surface area contributed by atoms with Crippen LogP contribution in [0.4, 0.5) is 0 Å². The van der Waals surface area contributed by atoms with Gasteiger partial charge in [-0.1, -0.05) is 30.3 Å². The van der Waals surface area contributed by atoms with Crippen LogP contribution in [0.5, 0.6) is 0 Å². The van der Waals surface area contributed by atoms with E-state index in [1.165, 1.54) is 10.5 Å². The van der Waals surface area contributed by atoms with E-state index in [-0.39, 0.29) is 11.9 Å². The van der Waals surface area contributed by atoms with Gasteiger partial charge in [0.15, 0.2) is 6.04 Å². The lowest BCUT2D eigenvalue weighted by atomic mass is 10.1. The first kappa shape index (κ1) is 13.1. The highest BCUT2D eigenvalue weighted by Gasteiger charge is 2.27. The van der Waals surface area contributed by atoms with E-state index in [9.17, 15) is 4.79 Å². The Morgan fingerprint density at radius 3 is 2.56 bits per heavy atom. The zero-order chi connectivity index (χ0) is 13.0. The van der Waals surface area contributed by atoms with Crippen molar-refractivity contribution in [3.05, 3.63) is 35.9 Å². The standard InChI is InChI=1S/C14H21N3O/c1-16-7-9-17(10-8-16)14(18)13(15)11-12-5-3-2-4-6-12/h2-6,13H,7-11,15H2,1H3/p+2/t13-/m1/s1. The minimum absolute atomic E-state index is 0.161. The number of carbonyl (C=O) groups excluding carboxylic acids is 1. The SMILES string of the molecule is C[NH+]1CCN(C(=O)[C@H]([NH3+])Cc2ccccc2)CC1. The van der Waals surface area contributed by atoms with Gasteiger partial charge in [0.2, 0.25) is 0 Å². The molecule has 0 unspecified atom stereocenters. The molecular weight excluding hydrogens is 226 g/mol. The van der Waals surface area contributed by atoms with E-state index >= 15 is 0 Å². The van der Waals surface area contributed by atoms with Crippen molar-refractivity contribution in [2.45, 2.75) is 12.5 Å². The molecule has 18 heavy (non-hydrogen) atoms. The van der Waals surface area contributed by atoms with E-state index in [4.69, 9.17) is 0 Å². The number of piperazine rings is 1. The lowest BCUT2D eigenvalue weighted by Gasteiger charge is -2.30. The Balaban J connectivity index is 1.89. The summed E-state index contributed by atoms with van der Waals surface area (Å²) in [4.78, 5) is 15.7. The molecule has 1 atom stereocenters. The summed E-state index contributed by atoms with van der Waals surface area (Å²) >= 11 is 0. The maximum absolute atomic E-state index is 12.3. The van der Waals surface area contributed by atoms with E-state index in [1.807, 2.05) is 23.1 Å². The average molecular weight is 249 g/mol. The van der Waals surface area contributed by atoms with Gasteiger partial charge in [-0.15, -0.1) is 0 Å². The number of rotatable bonds is 3. The van der Waals surface area contributed by atoms with Crippen LogP contribution in [-0.4, -0.2) is 50.1 Å². The predicted molar refractivity (Wildman–Crippen MR) is 70.0 cm³/mol. The topological polar surface area (TPSA) is 52.4 Å². The van der Waals surface area contributed by atoms with Crippen LogP contribution in [0.1, 0.15) is 5.56 Å². The maximum atomic E-state index is 12.3. The molecule has 2 rings (SSSR count). The molecule has 1 aromatic carbocycles. The first-order valence-electron chi connectivity index (χ1n) is 6.64. The number of hydrogen-bond donors (Lipinski definition) is 2. The summed E-state index contributed by atoms with van der Waals surface area (Å²) in [5, 5.41) is 0. The number of hydrogen-bond acceptors (Lipinski definition) is 1. The van der Waals surface area contributed by atoms with Crippen LogP contribution in [0.2, 0.25) is 0 Å². The third-order valence-corrected chi connectivity index (χ3v) is 3.60. The van der Waals surface area contributed by atoms with Crippen LogP contribution in [0, 0.1) is 0 Å². The molecule has 0 aromatic heterocycles. The van der Waals surface area contributed by atoms with Crippen LogP contribution in [0.3, 0.4) is 0 Å². The molecule has 1 aromatic rings. The van der Waals surface area contributed by atoms with Crippen LogP contribution in [-0.2, 0) is 11.2 Å². The Morgan fingerprint density at radius 2 is 1.94 bits per heavy atom. The van der Waals surface area contributed by atoms with Crippen molar-refractivity contribution in [1.29, 1.82) is 0 Å². The molecule has 1 aliphatic heterocycles. The third kappa shape index (κ3) is 3.31. The molecule has 0 saturated carbocycles. The molecule has 98 valence electrons. The van der Waals surface area contributed by atoms with Crippen molar-refractivity contribution < 1.29 is 15.4 Å². The summed E-state index contributed by atoms with van der Waals surface area (Å²) < 4.78 is 0. The van der Waals surface area contributed by atoms with E-state index in [0.717, 1.165) is 32.6 Å². The van der Waals surface area contributed by atoms with Gasteiger partial charge in [0.1, 0.15) is 0 Å². The van der Waals surface area contributed by atoms with Crippen LogP contribution in [0.25, 0.3) is 0 Å². The second kappa shape index (κ2) is 5.98. The molecule has 4 heteroatoms. The van der Waals surface area contributed by atoms with Crippen molar-refractivity contribution in [2.75, 3.05) is 33.2 Å². The molecule has 1 saturated heterocycles. The van der Waals surface area contributed by atoms with Crippen LogP contribution >= 0.6 is 0 Å². The summed E-state index contributed by atoms with van der Waals surface area (Å²) in [6.07, 6.45) is 0.735. The molecule has 0 bridgehead atoms. The fourth-order valence-electron chi connectivity index (χ4n) is 2.35. The minimum atomic E-state index is -0.161. The molecule has 0 radical (unpaired) electrons. The number of nitrogens with zero attached hydrogens (tertiary/aromatic N) is 1. The third-order valence-electron chi connectivity index (χ3n) is 3.60. The fourth-order valence-corrected chi connectivity index (χ4v) is 2.35. The average Bonchev–Trinajstić information content (AvgIpc) is 2.40. The first-order chi connectivity index (χ1) is 8.66. The largest absolute Gasteiger partial charge is 0.347 e. The highest BCUT2D eigenvalue weighted by Crippen LogP contribution is 2.03. The second-order valence-electron chi connectivity index (χ2n) is 5.17. The fraction of sp³-hybridized carbons (Fsp3) is 0.500. The van der Waals surface area contributed by atoms with Crippen molar-refractivity contribution in [3.63, 3.8) is 0 Å². The highest BCUT2D eigenvalue weighted by molar-refractivity contribution is 5.80. The van der Waals surface area contributed by atoms with Gasteiger partial charge in [0, 0.05) is 6.42 Å². The van der Waals surface area contributed by atoms with Crippen molar-refractivity contribution >= 4 is 5.91 Å². The summed E-state index contributed by atoms with van der Waals surface area (Å²) in [7, 11) is 2.17. The van der Waals surface area contributed by atoms with Crippen molar-refractivity contribution in [2.24, 2.45) is 0 Å². The zero-order valence-corrected chi connectivity index (χ0v) is 11.1. The van der Waals surface area contributed by atoms with Crippen LogP contribution < -0.4 is 10.6 Å². The molecule has 4 N–H and O–H groups in total. The highest BCUT2D eigenvalue weighted by atomic mass is 16.2. The predicted octanol–water partition coefficient (Wildman–Crippen LogP) is -1.80. The number of amides is 1. The maximum Gasteiger partial charge on any atom is 0.281 e. The van der Waals surface area contributed by atoms with Gasteiger partial charge in [-0.25, -0.2) is 0 Å². The molecule has 4 nitrogen and oxygen atoms in total. The van der Waals surface area contributed by atoms with Crippen molar-refractivity contribution in [1.82, 2.24) is 4.90 Å². The minimum Gasteiger partial charge on any atom is -0.347 e. The number of carbonyl (C=O) groups is 1. The number of likely N-dealkylation sites (N-methyl/N-ethyl adjacent to an activating group) is 1. The summed E-state index contributed by atoms with van der Waals surface area (Å²) in [5.41, 5.74) is 5.22. The van der Waals surface area contributed by atoms with E-state index < -0.39 is 0 Å². The zero-order valence-electron chi connectivity index (χ0n) is 11.1. The molecule has 1 fully saturated rings. The van der Waals surface area contributed by atoms with E-state index in [2.05, 4.69) is 24.9 Å². The Kier molecular flexibility index (Phi) is 4.33. The normalized spacial score (nSPS) is 18.7. The number of benzene rings is 1. The Bertz CT molecular complexity index is 385. The molecular formula is C14H23N3O+2. The second-order valence-corrected chi connectivity index (χ2v) is 5.17. The summed E-state index contributed by atoms with van der Waals surface area (Å²) in [5.74, 6) is 0.200. The quantitative estimate of drug-likeness (QED) is 0.652.